The van der Waals surface area contributed by atoms with Crippen LogP contribution in [0.4, 0.5) is 0 Å². The zero-order chi connectivity index (χ0) is 16.9. The zero-order valence-corrected chi connectivity index (χ0v) is 14.0. The normalized spacial score (nSPS) is 13.3. The Labute approximate surface area is 135 Å². The standard InChI is InChI=1S/C17H19O5P/c1-3-22-23(19,20)12-13-4-6-14(7-5-13)15-8-10-16(11-9-15)17(18)21-2/h4-11H,3,12H2,1-2H3,(H,19,20). The number of benzene rings is 2. The molecule has 122 valence electrons. The average molecular weight is 334 g/mol. The number of hydrogen-bond donors (Lipinski definition) is 1. The van der Waals surface area contributed by atoms with Crippen LogP contribution in [0.3, 0.4) is 0 Å². The number of ether oxygens (including phenoxy) is 1. The monoisotopic (exact) mass is 334 g/mol. The van der Waals surface area contributed by atoms with Gasteiger partial charge in [0.15, 0.2) is 0 Å². The minimum atomic E-state index is -3.57. The predicted octanol–water partition coefficient (Wildman–Crippen LogP) is 3.86. The molecule has 1 unspecified atom stereocenters. The van der Waals surface area contributed by atoms with Crippen molar-refractivity contribution in [2.45, 2.75) is 13.1 Å². The Bertz CT molecular complexity index is 707. The Morgan fingerprint density at radius 3 is 2.04 bits per heavy atom. The highest BCUT2D eigenvalue weighted by atomic mass is 31.2. The molecule has 0 aliphatic carbocycles. The average Bonchev–Trinajstić information content (AvgIpc) is 2.54. The molecular formula is C17H19O5P. The number of rotatable bonds is 6. The van der Waals surface area contributed by atoms with Gasteiger partial charge in [0.05, 0.1) is 25.4 Å². The molecule has 23 heavy (non-hydrogen) atoms. The van der Waals surface area contributed by atoms with E-state index in [4.69, 9.17) is 4.52 Å². The first-order valence-electron chi connectivity index (χ1n) is 7.19. The van der Waals surface area contributed by atoms with Gasteiger partial charge in [0.2, 0.25) is 0 Å². The minimum Gasteiger partial charge on any atom is -0.465 e. The first kappa shape index (κ1) is 17.4. The molecule has 0 aromatic heterocycles. The van der Waals surface area contributed by atoms with Crippen LogP contribution in [-0.2, 0) is 20.0 Å². The van der Waals surface area contributed by atoms with Crippen LogP contribution in [0.25, 0.3) is 11.1 Å². The van der Waals surface area contributed by atoms with E-state index in [0.717, 1.165) is 16.7 Å². The Balaban J connectivity index is 2.13. The van der Waals surface area contributed by atoms with E-state index in [0.29, 0.717) is 5.56 Å². The molecule has 0 heterocycles. The maximum absolute atomic E-state index is 11.8. The Hall–Kier alpha value is -1.94. The van der Waals surface area contributed by atoms with Crippen molar-refractivity contribution in [1.29, 1.82) is 0 Å². The molecule has 1 N–H and O–H groups in total. The summed E-state index contributed by atoms with van der Waals surface area (Å²) in [5.74, 6) is -0.374. The Morgan fingerprint density at radius 2 is 1.57 bits per heavy atom. The summed E-state index contributed by atoms with van der Waals surface area (Å²) in [6.45, 7) is 1.89. The van der Waals surface area contributed by atoms with Crippen LogP contribution in [0.1, 0.15) is 22.8 Å². The van der Waals surface area contributed by atoms with Gasteiger partial charge in [-0.3, -0.25) is 4.57 Å². The molecule has 0 radical (unpaired) electrons. The summed E-state index contributed by atoms with van der Waals surface area (Å²) in [4.78, 5) is 21.1. The molecule has 6 heteroatoms. The minimum absolute atomic E-state index is 0.0115. The largest absolute Gasteiger partial charge is 0.465 e. The molecule has 0 aliphatic heterocycles. The zero-order valence-electron chi connectivity index (χ0n) is 13.1. The van der Waals surface area contributed by atoms with Gasteiger partial charge in [-0.25, -0.2) is 4.79 Å². The summed E-state index contributed by atoms with van der Waals surface area (Å²) in [7, 11) is -2.23. The Morgan fingerprint density at radius 1 is 1.04 bits per heavy atom. The van der Waals surface area contributed by atoms with E-state index in [1.165, 1.54) is 7.11 Å². The van der Waals surface area contributed by atoms with E-state index in [2.05, 4.69) is 4.74 Å². The lowest BCUT2D eigenvalue weighted by Crippen LogP contribution is -2.00. The van der Waals surface area contributed by atoms with Crippen LogP contribution >= 0.6 is 7.60 Å². The highest BCUT2D eigenvalue weighted by Gasteiger charge is 2.18. The first-order valence-corrected chi connectivity index (χ1v) is 8.95. The van der Waals surface area contributed by atoms with E-state index in [-0.39, 0.29) is 18.7 Å². The molecule has 1 atom stereocenters. The number of methoxy groups -OCH3 is 1. The summed E-state index contributed by atoms with van der Waals surface area (Å²) in [6, 6.07) is 14.4. The molecule has 0 fully saturated rings. The van der Waals surface area contributed by atoms with Crippen molar-refractivity contribution >= 4 is 13.6 Å². The maximum Gasteiger partial charge on any atom is 0.337 e. The third-order valence-corrected chi connectivity index (χ3v) is 4.73. The fraction of sp³-hybridized carbons (Fsp3) is 0.235. The van der Waals surface area contributed by atoms with Crippen molar-refractivity contribution in [2.24, 2.45) is 0 Å². The summed E-state index contributed by atoms with van der Waals surface area (Å²) in [5, 5.41) is 0. The third kappa shape index (κ3) is 4.76. The van der Waals surface area contributed by atoms with E-state index < -0.39 is 7.60 Å². The van der Waals surface area contributed by atoms with Gasteiger partial charge >= 0.3 is 13.6 Å². The molecule has 0 saturated heterocycles. The molecule has 0 spiro atoms. The second kappa shape index (κ2) is 7.55. The van der Waals surface area contributed by atoms with Gasteiger partial charge in [0.25, 0.3) is 0 Å². The van der Waals surface area contributed by atoms with Crippen LogP contribution in [0.15, 0.2) is 48.5 Å². The van der Waals surface area contributed by atoms with Crippen molar-refractivity contribution in [2.75, 3.05) is 13.7 Å². The highest BCUT2D eigenvalue weighted by molar-refractivity contribution is 7.51. The number of hydrogen-bond acceptors (Lipinski definition) is 4. The number of esters is 1. The quantitative estimate of drug-likeness (QED) is 0.641. The molecule has 0 aliphatic rings. The highest BCUT2D eigenvalue weighted by Crippen LogP contribution is 2.45. The predicted molar refractivity (Wildman–Crippen MR) is 88.4 cm³/mol. The topological polar surface area (TPSA) is 72.8 Å². The van der Waals surface area contributed by atoms with Crippen LogP contribution in [-0.4, -0.2) is 24.6 Å². The molecule has 2 aromatic carbocycles. The second-order valence-corrected chi connectivity index (χ2v) is 6.83. The molecule has 0 bridgehead atoms. The fourth-order valence-corrected chi connectivity index (χ4v) is 3.36. The van der Waals surface area contributed by atoms with Crippen molar-refractivity contribution in [3.63, 3.8) is 0 Å². The lowest BCUT2D eigenvalue weighted by Gasteiger charge is -2.11. The summed E-state index contributed by atoms with van der Waals surface area (Å²) >= 11 is 0. The fourth-order valence-electron chi connectivity index (χ4n) is 2.20. The van der Waals surface area contributed by atoms with Crippen LogP contribution in [0.2, 0.25) is 0 Å². The smallest absolute Gasteiger partial charge is 0.337 e. The van der Waals surface area contributed by atoms with Crippen LogP contribution < -0.4 is 0 Å². The van der Waals surface area contributed by atoms with Crippen molar-refractivity contribution in [3.05, 3.63) is 59.7 Å². The third-order valence-electron chi connectivity index (χ3n) is 3.31. The molecule has 2 aromatic rings. The summed E-state index contributed by atoms with van der Waals surface area (Å²) in [5.41, 5.74) is 3.13. The lowest BCUT2D eigenvalue weighted by atomic mass is 10.0. The molecule has 0 amide bonds. The van der Waals surface area contributed by atoms with Gasteiger partial charge in [-0.2, -0.15) is 0 Å². The van der Waals surface area contributed by atoms with Crippen molar-refractivity contribution in [1.82, 2.24) is 0 Å². The SMILES string of the molecule is CCOP(=O)(O)Cc1ccc(-c2ccc(C(=O)OC)cc2)cc1. The van der Waals surface area contributed by atoms with Gasteiger partial charge in [-0.05, 0) is 35.7 Å². The van der Waals surface area contributed by atoms with E-state index >= 15 is 0 Å². The van der Waals surface area contributed by atoms with Crippen molar-refractivity contribution < 1.29 is 23.5 Å². The van der Waals surface area contributed by atoms with E-state index in [1.807, 2.05) is 24.3 Å². The summed E-state index contributed by atoms with van der Waals surface area (Å²) < 4.78 is 21.3. The molecule has 0 saturated carbocycles. The first-order chi connectivity index (χ1) is 10.9. The Kier molecular flexibility index (Phi) is 5.72. The number of carbonyl (C=O) groups excluding carboxylic acids is 1. The molecular weight excluding hydrogens is 315 g/mol. The molecule has 5 nitrogen and oxygen atoms in total. The lowest BCUT2D eigenvalue weighted by molar-refractivity contribution is 0.0600. The van der Waals surface area contributed by atoms with Crippen molar-refractivity contribution in [3.8, 4) is 11.1 Å². The second-order valence-electron chi connectivity index (χ2n) is 4.98. The number of carbonyl (C=O) groups is 1. The molecule has 2 rings (SSSR count). The summed E-state index contributed by atoms with van der Waals surface area (Å²) in [6.07, 6.45) is -0.0115. The van der Waals surface area contributed by atoms with E-state index in [9.17, 15) is 14.3 Å². The van der Waals surface area contributed by atoms with Crippen LogP contribution in [0.5, 0.6) is 0 Å². The maximum atomic E-state index is 11.8. The van der Waals surface area contributed by atoms with Gasteiger partial charge < -0.3 is 14.2 Å². The van der Waals surface area contributed by atoms with E-state index in [1.54, 1.807) is 31.2 Å². The van der Waals surface area contributed by atoms with Gasteiger partial charge in [-0.1, -0.05) is 36.4 Å². The van der Waals surface area contributed by atoms with Crippen LogP contribution in [0, 0.1) is 0 Å². The van der Waals surface area contributed by atoms with Gasteiger partial charge in [0.1, 0.15) is 0 Å². The van der Waals surface area contributed by atoms with Gasteiger partial charge in [-0.15, -0.1) is 0 Å². The van der Waals surface area contributed by atoms with Gasteiger partial charge in [0, 0.05) is 0 Å².